The Bertz CT molecular complexity index is 213. The number of quaternary nitrogens is 1. The number of rotatable bonds is 4. The fourth-order valence-electron chi connectivity index (χ4n) is 0.976. The summed E-state index contributed by atoms with van der Waals surface area (Å²) < 4.78 is -0.978. The van der Waals surface area contributed by atoms with E-state index in [2.05, 4.69) is 0 Å². The van der Waals surface area contributed by atoms with Crippen LogP contribution in [0.3, 0.4) is 0 Å². The first-order chi connectivity index (χ1) is 6.30. The van der Waals surface area contributed by atoms with Crippen molar-refractivity contribution < 1.29 is 24.3 Å². The van der Waals surface area contributed by atoms with Gasteiger partial charge >= 0.3 is 12.2 Å². The van der Waals surface area contributed by atoms with E-state index in [9.17, 15) is 9.59 Å². The fraction of sp³-hybridized carbons (Fsp3) is 0.750. The highest BCUT2D eigenvalue weighted by Gasteiger charge is 2.40. The molecule has 82 valence electrons. The van der Waals surface area contributed by atoms with Crippen LogP contribution < -0.4 is 0 Å². The van der Waals surface area contributed by atoms with Crippen LogP contribution in [-0.4, -0.2) is 66.0 Å². The Morgan fingerprint density at radius 3 is 1.93 bits per heavy atom. The van der Waals surface area contributed by atoms with Crippen molar-refractivity contribution >= 4 is 12.2 Å². The monoisotopic (exact) mass is 205 g/mol. The van der Waals surface area contributed by atoms with Crippen LogP contribution in [0, 0.1) is 0 Å². The molecule has 0 bridgehead atoms. The van der Waals surface area contributed by atoms with Crippen LogP contribution in [0.1, 0.15) is 6.42 Å². The lowest BCUT2D eigenvalue weighted by Crippen LogP contribution is -2.53. The van der Waals surface area contributed by atoms with Gasteiger partial charge in [0.05, 0.1) is 7.05 Å². The van der Waals surface area contributed by atoms with Crippen molar-refractivity contribution in [3.05, 3.63) is 0 Å². The first-order valence-corrected chi connectivity index (χ1v) is 4.28. The number of hydrogen-bond acceptors (Lipinski definition) is 3. The molecule has 0 aromatic heterocycles. The predicted octanol–water partition coefficient (Wildman–Crippen LogP) is 0.741. The number of carboxylic acid groups (broad SMARTS) is 2. The summed E-state index contributed by atoms with van der Waals surface area (Å²) >= 11 is 0. The molecular formula is C8H17N2O4+. The van der Waals surface area contributed by atoms with Crippen LogP contribution in [0.5, 0.6) is 0 Å². The number of amides is 2. The van der Waals surface area contributed by atoms with Gasteiger partial charge in [0.1, 0.15) is 6.54 Å². The minimum absolute atomic E-state index is 0.0862. The maximum Gasteiger partial charge on any atom is 0.524 e. The molecule has 2 N–H and O–H groups in total. The van der Waals surface area contributed by atoms with E-state index in [0.29, 0.717) is 13.0 Å². The lowest BCUT2D eigenvalue weighted by atomic mass is 10.3. The maximum atomic E-state index is 10.7. The van der Waals surface area contributed by atoms with Gasteiger partial charge in [0.15, 0.2) is 0 Å². The zero-order valence-corrected chi connectivity index (χ0v) is 8.73. The summed E-state index contributed by atoms with van der Waals surface area (Å²) in [4.78, 5) is 23.3. The topological polar surface area (TPSA) is 77.8 Å². The standard InChI is InChI=1S/C8H16N2O4/c1-9(2)5-4-6-10(3,7(11)12)8(13)14/h4-6H2,1-3H3,(H-,11,12,13,14)/p+1. The second-order valence-electron chi connectivity index (χ2n) is 3.64. The molecule has 2 amide bonds. The van der Waals surface area contributed by atoms with Gasteiger partial charge in [0.25, 0.3) is 0 Å². The van der Waals surface area contributed by atoms with E-state index < -0.39 is 16.7 Å². The van der Waals surface area contributed by atoms with E-state index in [0.717, 1.165) is 0 Å². The van der Waals surface area contributed by atoms with E-state index in [4.69, 9.17) is 10.2 Å². The van der Waals surface area contributed by atoms with Crippen molar-refractivity contribution in [2.75, 3.05) is 34.2 Å². The summed E-state index contributed by atoms with van der Waals surface area (Å²) in [5, 5.41) is 17.5. The predicted molar refractivity (Wildman–Crippen MR) is 50.3 cm³/mol. The largest absolute Gasteiger partial charge is 0.524 e. The Labute approximate surface area is 82.9 Å². The van der Waals surface area contributed by atoms with E-state index in [1.165, 1.54) is 7.05 Å². The third kappa shape index (κ3) is 3.31. The number of imide groups is 1. The molecule has 0 fully saturated rings. The molecule has 0 atom stereocenters. The maximum absolute atomic E-state index is 10.7. The summed E-state index contributed by atoms with van der Waals surface area (Å²) in [6.07, 6.45) is -2.14. The highest BCUT2D eigenvalue weighted by Crippen LogP contribution is 2.06. The molecule has 6 heteroatoms. The van der Waals surface area contributed by atoms with Crippen LogP contribution in [0.15, 0.2) is 0 Å². The second kappa shape index (κ2) is 4.92. The summed E-state index contributed by atoms with van der Waals surface area (Å²) in [5.41, 5.74) is 0. The van der Waals surface area contributed by atoms with E-state index in [-0.39, 0.29) is 6.54 Å². The lowest BCUT2D eigenvalue weighted by Gasteiger charge is -2.22. The van der Waals surface area contributed by atoms with Crippen molar-refractivity contribution in [1.29, 1.82) is 0 Å². The van der Waals surface area contributed by atoms with Gasteiger partial charge in [-0.3, -0.25) is 0 Å². The molecule has 0 aliphatic rings. The van der Waals surface area contributed by atoms with Crippen LogP contribution >= 0.6 is 0 Å². The molecular weight excluding hydrogens is 188 g/mol. The normalized spacial score (nSPS) is 11.7. The second-order valence-corrected chi connectivity index (χ2v) is 3.64. The van der Waals surface area contributed by atoms with Crippen molar-refractivity contribution in [3.63, 3.8) is 0 Å². The smallest absolute Gasteiger partial charge is 0.435 e. The van der Waals surface area contributed by atoms with Gasteiger partial charge in [-0.2, -0.15) is 9.59 Å². The molecule has 0 saturated carbocycles. The Morgan fingerprint density at radius 2 is 1.64 bits per heavy atom. The average molecular weight is 205 g/mol. The van der Waals surface area contributed by atoms with Crippen molar-refractivity contribution in [1.82, 2.24) is 4.90 Å². The third-order valence-electron chi connectivity index (χ3n) is 2.06. The molecule has 6 nitrogen and oxygen atoms in total. The zero-order chi connectivity index (χ0) is 11.4. The number of nitrogens with zero attached hydrogens (tertiary/aromatic N) is 2. The molecule has 0 rings (SSSR count). The van der Waals surface area contributed by atoms with Gasteiger partial charge < -0.3 is 15.1 Å². The van der Waals surface area contributed by atoms with E-state index in [1.807, 2.05) is 19.0 Å². The molecule has 0 saturated heterocycles. The fourth-order valence-corrected chi connectivity index (χ4v) is 0.976. The van der Waals surface area contributed by atoms with E-state index >= 15 is 0 Å². The van der Waals surface area contributed by atoms with Gasteiger partial charge in [-0.15, -0.1) is 4.48 Å². The average Bonchev–Trinajstić information content (AvgIpc) is 2.02. The SMILES string of the molecule is CN(C)CCC[N+](C)(C(=O)O)C(=O)O. The molecule has 0 radical (unpaired) electrons. The number of hydrogen-bond donors (Lipinski definition) is 2. The Hall–Kier alpha value is -1.14. The summed E-state index contributed by atoms with van der Waals surface area (Å²) in [6, 6.07) is 0. The van der Waals surface area contributed by atoms with Gasteiger partial charge in [-0.1, -0.05) is 0 Å². The third-order valence-corrected chi connectivity index (χ3v) is 2.06. The van der Waals surface area contributed by atoms with Crippen LogP contribution in [0.4, 0.5) is 9.59 Å². The number of carbonyl (C=O) groups is 2. The zero-order valence-electron chi connectivity index (χ0n) is 8.73. The van der Waals surface area contributed by atoms with Crippen molar-refractivity contribution in [2.24, 2.45) is 0 Å². The first-order valence-electron chi connectivity index (χ1n) is 4.28. The van der Waals surface area contributed by atoms with Crippen LogP contribution in [-0.2, 0) is 0 Å². The summed E-state index contributed by atoms with van der Waals surface area (Å²) in [7, 11) is 4.89. The first kappa shape index (κ1) is 12.9. The molecule has 0 aliphatic heterocycles. The van der Waals surface area contributed by atoms with Crippen LogP contribution in [0.25, 0.3) is 0 Å². The summed E-state index contributed by atoms with van der Waals surface area (Å²) in [5.74, 6) is 0. The Kier molecular flexibility index (Phi) is 4.52. The van der Waals surface area contributed by atoms with Crippen molar-refractivity contribution in [2.45, 2.75) is 6.42 Å². The van der Waals surface area contributed by atoms with Gasteiger partial charge in [-0.05, 0) is 14.1 Å². The van der Waals surface area contributed by atoms with Gasteiger partial charge in [-0.25, -0.2) is 0 Å². The molecule has 0 unspecified atom stereocenters. The quantitative estimate of drug-likeness (QED) is 0.662. The molecule has 0 aromatic carbocycles. The minimum atomic E-state index is -1.34. The Balaban J connectivity index is 4.26. The van der Waals surface area contributed by atoms with E-state index in [1.54, 1.807) is 0 Å². The van der Waals surface area contributed by atoms with Crippen LogP contribution in [0.2, 0.25) is 0 Å². The molecule has 0 aromatic rings. The minimum Gasteiger partial charge on any atom is -0.435 e. The highest BCUT2D eigenvalue weighted by molar-refractivity contribution is 5.73. The summed E-state index contributed by atoms with van der Waals surface area (Å²) in [6.45, 7) is 0.761. The molecule has 0 heterocycles. The van der Waals surface area contributed by atoms with Gasteiger partial charge in [0, 0.05) is 13.0 Å². The van der Waals surface area contributed by atoms with Gasteiger partial charge in [0.2, 0.25) is 0 Å². The highest BCUT2D eigenvalue weighted by atomic mass is 16.4. The molecule has 0 aliphatic carbocycles. The molecule has 0 spiro atoms. The van der Waals surface area contributed by atoms with Crippen molar-refractivity contribution in [3.8, 4) is 0 Å². The lowest BCUT2D eigenvalue weighted by molar-refractivity contribution is -0.763. The Morgan fingerprint density at radius 1 is 1.21 bits per heavy atom. The molecule has 14 heavy (non-hydrogen) atoms.